The van der Waals surface area contributed by atoms with Crippen LogP contribution in [-0.2, 0) is 24.4 Å². The van der Waals surface area contributed by atoms with Gasteiger partial charge < -0.3 is 5.73 Å². The molecule has 0 bridgehead atoms. The standard InChI is InChI=1S/C8H10ClNO6S2/c9-7-5-6(1-2-8(7)10)17(11,12)4-3-16-18(13,14)15/h1-2,5H,3-4,10H2,(H,13,14,15). The Labute approximate surface area is 109 Å². The zero-order valence-electron chi connectivity index (χ0n) is 8.91. The number of hydrogen-bond acceptors (Lipinski definition) is 6. The Kier molecular flexibility index (Phi) is 4.56. The average molecular weight is 316 g/mol. The van der Waals surface area contributed by atoms with Crippen LogP contribution in [0, 0.1) is 0 Å². The van der Waals surface area contributed by atoms with Crippen molar-refractivity contribution in [2.24, 2.45) is 0 Å². The second-order valence-corrected chi connectivity index (χ2v) is 6.86. The van der Waals surface area contributed by atoms with Gasteiger partial charge in [-0.25, -0.2) is 12.6 Å². The molecule has 0 saturated heterocycles. The normalized spacial score (nSPS) is 12.6. The van der Waals surface area contributed by atoms with Gasteiger partial charge in [0.05, 0.1) is 28.0 Å². The quantitative estimate of drug-likeness (QED) is 0.599. The fourth-order valence-electron chi connectivity index (χ4n) is 1.07. The lowest BCUT2D eigenvalue weighted by molar-refractivity contribution is 0.284. The van der Waals surface area contributed by atoms with E-state index < -0.39 is 32.6 Å². The molecular formula is C8H10ClNO6S2. The fraction of sp³-hybridized carbons (Fsp3) is 0.250. The highest BCUT2D eigenvalue weighted by atomic mass is 35.5. The number of hydrogen-bond donors (Lipinski definition) is 2. The summed E-state index contributed by atoms with van der Waals surface area (Å²) in [5.74, 6) is -0.618. The summed E-state index contributed by atoms with van der Waals surface area (Å²) < 4.78 is 56.2. The number of halogens is 1. The molecule has 1 rings (SSSR count). The topological polar surface area (TPSA) is 124 Å². The molecule has 1 aromatic rings. The molecule has 18 heavy (non-hydrogen) atoms. The molecule has 0 heterocycles. The molecule has 0 spiro atoms. The van der Waals surface area contributed by atoms with E-state index in [1.807, 2.05) is 0 Å². The number of sulfone groups is 1. The molecule has 102 valence electrons. The number of nitrogen functional groups attached to an aromatic ring is 1. The first-order chi connectivity index (χ1) is 8.12. The minimum Gasteiger partial charge on any atom is -0.398 e. The zero-order chi connectivity index (χ0) is 14.0. The second kappa shape index (κ2) is 5.41. The van der Waals surface area contributed by atoms with E-state index >= 15 is 0 Å². The van der Waals surface area contributed by atoms with Gasteiger partial charge in [0, 0.05) is 0 Å². The maximum Gasteiger partial charge on any atom is 0.397 e. The van der Waals surface area contributed by atoms with Crippen molar-refractivity contribution < 1.29 is 25.6 Å². The van der Waals surface area contributed by atoms with Crippen molar-refractivity contribution in [2.45, 2.75) is 4.90 Å². The molecule has 7 nitrogen and oxygen atoms in total. The van der Waals surface area contributed by atoms with Gasteiger partial charge >= 0.3 is 10.4 Å². The van der Waals surface area contributed by atoms with Gasteiger partial charge in [-0.3, -0.25) is 4.55 Å². The van der Waals surface area contributed by atoms with Gasteiger partial charge in [-0.05, 0) is 18.2 Å². The highest BCUT2D eigenvalue weighted by Gasteiger charge is 2.17. The van der Waals surface area contributed by atoms with Gasteiger partial charge in [-0.2, -0.15) is 8.42 Å². The maximum absolute atomic E-state index is 11.7. The van der Waals surface area contributed by atoms with Crippen molar-refractivity contribution in [2.75, 3.05) is 18.1 Å². The first-order valence-electron chi connectivity index (χ1n) is 4.51. The van der Waals surface area contributed by atoms with Crippen LogP contribution < -0.4 is 5.73 Å². The van der Waals surface area contributed by atoms with Crippen molar-refractivity contribution in [3.63, 3.8) is 0 Å². The lowest BCUT2D eigenvalue weighted by Crippen LogP contribution is -2.15. The van der Waals surface area contributed by atoms with E-state index in [9.17, 15) is 16.8 Å². The van der Waals surface area contributed by atoms with Crippen LogP contribution in [0.15, 0.2) is 23.1 Å². The third-order valence-corrected chi connectivity index (χ3v) is 4.38. The predicted octanol–water partition coefficient (Wildman–Crippen LogP) is 0.515. The third-order valence-electron chi connectivity index (χ3n) is 1.92. The van der Waals surface area contributed by atoms with E-state index in [0.717, 1.165) is 6.07 Å². The Morgan fingerprint density at radius 1 is 1.28 bits per heavy atom. The molecule has 0 saturated carbocycles. The third kappa shape index (κ3) is 4.42. The highest BCUT2D eigenvalue weighted by molar-refractivity contribution is 7.91. The van der Waals surface area contributed by atoms with Gasteiger partial charge in [0.2, 0.25) is 0 Å². The average Bonchev–Trinajstić information content (AvgIpc) is 2.19. The number of rotatable bonds is 5. The summed E-state index contributed by atoms with van der Waals surface area (Å²) in [5, 5.41) is 0.0757. The van der Waals surface area contributed by atoms with Crippen molar-refractivity contribution in [1.29, 1.82) is 0 Å². The van der Waals surface area contributed by atoms with Crippen molar-refractivity contribution in [3.8, 4) is 0 Å². The Morgan fingerprint density at radius 2 is 1.89 bits per heavy atom. The van der Waals surface area contributed by atoms with Crippen LogP contribution in [0.2, 0.25) is 5.02 Å². The molecule has 0 atom stereocenters. The Balaban J connectivity index is 2.84. The number of benzene rings is 1. The van der Waals surface area contributed by atoms with Gasteiger partial charge in [0.1, 0.15) is 0 Å². The molecule has 0 radical (unpaired) electrons. The van der Waals surface area contributed by atoms with Crippen molar-refractivity contribution in [3.05, 3.63) is 23.2 Å². The molecule has 1 aromatic carbocycles. The molecule has 10 heteroatoms. The molecule has 0 aliphatic carbocycles. The molecule has 0 unspecified atom stereocenters. The first-order valence-corrected chi connectivity index (χ1v) is 7.91. The summed E-state index contributed by atoms with van der Waals surface area (Å²) in [7, 11) is -8.42. The maximum atomic E-state index is 11.7. The lowest BCUT2D eigenvalue weighted by Gasteiger charge is -2.05. The van der Waals surface area contributed by atoms with Crippen LogP contribution in [0.4, 0.5) is 5.69 Å². The Morgan fingerprint density at radius 3 is 2.39 bits per heavy atom. The molecule has 0 fully saturated rings. The van der Waals surface area contributed by atoms with E-state index in [1.54, 1.807) is 0 Å². The Hall–Kier alpha value is -0.870. The highest BCUT2D eigenvalue weighted by Crippen LogP contribution is 2.23. The van der Waals surface area contributed by atoms with Crippen molar-refractivity contribution in [1.82, 2.24) is 0 Å². The van der Waals surface area contributed by atoms with Crippen LogP contribution >= 0.6 is 11.6 Å². The van der Waals surface area contributed by atoms with E-state index in [4.69, 9.17) is 21.9 Å². The lowest BCUT2D eigenvalue weighted by atomic mass is 10.3. The largest absolute Gasteiger partial charge is 0.398 e. The summed E-state index contributed by atoms with van der Waals surface area (Å²) in [6.45, 7) is -0.691. The van der Waals surface area contributed by atoms with Crippen LogP contribution in [0.3, 0.4) is 0 Å². The van der Waals surface area contributed by atoms with E-state index in [1.165, 1.54) is 12.1 Å². The molecular weight excluding hydrogens is 306 g/mol. The van der Waals surface area contributed by atoms with Crippen molar-refractivity contribution >= 4 is 37.5 Å². The summed E-state index contributed by atoms with van der Waals surface area (Å²) in [6, 6.07) is 3.71. The minimum absolute atomic E-state index is 0.0757. The Bertz CT molecular complexity index is 640. The summed E-state index contributed by atoms with van der Waals surface area (Å²) in [5.41, 5.74) is 5.65. The second-order valence-electron chi connectivity index (χ2n) is 3.25. The fourth-order valence-corrected chi connectivity index (χ4v) is 2.82. The van der Waals surface area contributed by atoms with Gasteiger partial charge in [0.15, 0.2) is 9.84 Å². The molecule has 3 N–H and O–H groups in total. The molecule has 0 amide bonds. The molecule has 0 aliphatic rings. The van der Waals surface area contributed by atoms with Crippen LogP contribution in [-0.4, -0.2) is 33.7 Å². The summed E-state index contributed by atoms with van der Waals surface area (Å²) in [6.07, 6.45) is 0. The predicted molar refractivity (Wildman–Crippen MR) is 65.4 cm³/mol. The van der Waals surface area contributed by atoms with Crippen LogP contribution in [0.25, 0.3) is 0 Å². The summed E-state index contributed by atoms with van der Waals surface area (Å²) in [4.78, 5) is -0.111. The number of nitrogens with two attached hydrogens (primary N) is 1. The molecule has 0 aliphatic heterocycles. The van der Waals surface area contributed by atoms with Gasteiger partial charge in [0.25, 0.3) is 0 Å². The smallest absolute Gasteiger partial charge is 0.397 e. The van der Waals surface area contributed by atoms with E-state index in [-0.39, 0.29) is 15.6 Å². The van der Waals surface area contributed by atoms with Gasteiger partial charge in [-0.1, -0.05) is 11.6 Å². The minimum atomic E-state index is -4.65. The monoisotopic (exact) mass is 315 g/mol. The van der Waals surface area contributed by atoms with Gasteiger partial charge in [-0.15, -0.1) is 0 Å². The zero-order valence-corrected chi connectivity index (χ0v) is 11.3. The molecule has 0 aromatic heterocycles. The summed E-state index contributed by atoms with van der Waals surface area (Å²) >= 11 is 5.67. The van der Waals surface area contributed by atoms with Crippen LogP contribution in [0.5, 0.6) is 0 Å². The van der Waals surface area contributed by atoms with E-state index in [2.05, 4.69) is 4.18 Å². The number of anilines is 1. The first kappa shape index (κ1) is 15.2. The SMILES string of the molecule is Nc1ccc(S(=O)(=O)CCOS(=O)(=O)O)cc1Cl. The van der Waals surface area contributed by atoms with E-state index in [0.29, 0.717) is 0 Å². The van der Waals surface area contributed by atoms with Crippen LogP contribution in [0.1, 0.15) is 0 Å².